The van der Waals surface area contributed by atoms with E-state index in [9.17, 15) is 9.59 Å². The van der Waals surface area contributed by atoms with Crippen LogP contribution in [0.4, 0.5) is 0 Å². The van der Waals surface area contributed by atoms with Gasteiger partial charge >= 0.3 is 5.97 Å². The van der Waals surface area contributed by atoms with Crippen molar-refractivity contribution in [3.63, 3.8) is 0 Å². The number of rotatable bonds is 3. The number of phenolic OH excluding ortho intramolecular Hbond substituents is 1. The van der Waals surface area contributed by atoms with Gasteiger partial charge in [0.2, 0.25) is 5.91 Å². The van der Waals surface area contributed by atoms with Crippen molar-refractivity contribution in [3.8, 4) is 5.75 Å². The van der Waals surface area contributed by atoms with E-state index in [2.05, 4.69) is 5.32 Å². The maximum atomic E-state index is 10.8. The molecular weight excluding hydrogens is 198 g/mol. The van der Waals surface area contributed by atoms with Gasteiger partial charge in [0.15, 0.2) is 6.04 Å². The van der Waals surface area contributed by atoms with E-state index in [1.54, 1.807) is 0 Å². The van der Waals surface area contributed by atoms with Crippen LogP contribution in [0.2, 0.25) is 0 Å². The molecule has 0 radical (unpaired) electrons. The van der Waals surface area contributed by atoms with Gasteiger partial charge in [-0.2, -0.15) is 0 Å². The van der Waals surface area contributed by atoms with Gasteiger partial charge in [-0.1, -0.05) is 12.1 Å². The fourth-order valence-electron chi connectivity index (χ4n) is 1.16. The number of amides is 1. The maximum absolute atomic E-state index is 10.8. The molecule has 0 aromatic heterocycles. The number of nitrogens with one attached hydrogen (secondary N) is 1. The molecule has 0 spiro atoms. The monoisotopic (exact) mass is 209 g/mol. The van der Waals surface area contributed by atoms with Crippen molar-refractivity contribution < 1.29 is 19.8 Å². The number of aromatic hydroxyl groups is 1. The summed E-state index contributed by atoms with van der Waals surface area (Å²) >= 11 is 0. The SMILES string of the molecule is CC(=O)N[C@@H](C(=O)O)c1ccc(O)cc1. The van der Waals surface area contributed by atoms with Crippen LogP contribution < -0.4 is 5.32 Å². The first-order valence-corrected chi connectivity index (χ1v) is 4.29. The molecule has 0 heterocycles. The number of aliphatic carboxylic acids is 1. The molecular formula is C10H11NO4. The Bertz CT molecular complexity index is 372. The lowest BCUT2D eigenvalue weighted by Gasteiger charge is -2.13. The molecule has 1 aromatic carbocycles. The van der Waals surface area contributed by atoms with Gasteiger partial charge in [0.25, 0.3) is 0 Å². The van der Waals surface area contributed by atoms with E-state index < -0.39 is 17.9 Å². The first kappa shape index (κ1) is 11.0. The smallest absolute Gasteiger partial charge is 0.330 e. The minimum Gasteiger partial charge on any atom is -0.508 e. The fourth-order valence-corrected chi connectivity index (χ4v) is 1.16. The van der Waals surface area contributed by atoms with E-state index in [0.29, 0.717) is 5.56 Å². The Morgan fingerprint density at radius 3 is 2.20 bits per heavy atom. The Kier molecular flexibility index (Phi) is 3.28. The van der Waals surface area contributed by atoms with Gasteiger partial charge in [-0.05, 0) is 17.7 Å². The lowest BCUT2D eigenvalue weighted by Crippen LogP contribution is -2.31. The van der Waals surface area contributed by atoms with Crippen LogP contribution in [0.15, 0.2) is 24.3 Å². The van der Waals surface area contributed by atoms with Crippen LogP contribution >= 0.6 is 0 Å². The van der Waals surface area contributed by atoms with Gasteiger partial charge < -0.3 is 15.5 Å². The highest BCUT2D eigenvalue weighted by molar-refractivity contribution is 5.83. The number of carboxylic acid groups (broad SMARTS) is 1. The highest BCUT2D eigenvalue weighted by atomic mass is 16.4. The van der Waals surface area contributed by atoms with E-state index in [0.717, 1.165) is 0 Å². The molecule has 0 saturated carbocycles. The third kappa shape index (κ3) is 2.98. The van der Waals surface area contributed by atoms with E-state index in [-0.39, 0.29) is 5.75 Å². The molecule has 3 N–H and O–H groups in total. The normalized spacial score (nSPS) is 11.8. The third-order valence-corrected chi connectivity index (χ3v) is 1.82. The fraction of sp³-hybridized carbons (Fsp3) is 0.200. The first-order chi connectivity index (χ1) is 7.00. The summed E-state index contributed by atoms with van der Waals surface area (Å²) in [6.45, 7) is 1.25. The van der Waals surface area contributed by atoms with Gasteiger partial charge in [-0.3, -0.25) is 4.79 Å². The van der Waals surface area contributed by atoms with Crippen LogP contribution in [0.25, 0.3) is 0 Å². The van der Waals surface area contributed by atoms with Crippen LogP contribution in [0.3, 0.4) is 0 Å². The Labute approximate surface area is 86.4 Å². The highest BCUT2D eigenvalue weighted by Gasteiger charge is 2.20. The van der Waals surface area contributed by atoms with Gasteiger partial charge in [0.05, 0.1) is 0 Å². The second kappa shape index (κ2) is 4.45. The summed E-state index contributed by atoms with van der Waals surface area (Å²) in [4.78, 5) is 21.6. The van der Waals surface area contributed by atoms with Crippen LogP contribution in [0, 0.1) is 0 Å². The Hall–Kier alpha value is -2.04. The van der Waals surface area contributed by atoms with Gasteiger partial charge in [-0.15, -0.1) is 0 Å². The molecule has 5 heteroatoms. The summed E-state index contributed by atoms with van der Waals surface area (Å²) in [6.07, 6.45) is 0. The van der Waals surface area contributed by atoms with Crippen LogP contribution in [-0.4, -0.2) is 22.1 Å². The largest absolute Gasteiger partial charge is 0.508 e. The van der Waals surface area contributed by atoms with Crippen LogP contribution in [0.5, 0.6) is 5.75 Å². The molecule has 5 nitrogen and oxygen atoms in total. The molecule has 80 valence electrons. The average Bonchev–Trinajstić information content (AvgIpc) is 2.15. The zero-order chi connectivity index (χ0) is 11.4. The highest BCUT2D eigenvalue weighted by Crippen LogP contribution is 2.16. The first-order valence-electron chi connectivity index (χ1n) is 4.29. The van der Waals surface area contributed by atoms with E-state index in [4.69, 9.17) is 10.2 Å². The maximum Gasteiger partial charge on any atom is 0.330 e. The van der Waals surface area contributed by atoms with Gasteiger partial charge in [0.1, 0.15) is 5.75 Å². The van der Waals surface area contributed by atoms with Crippen molar-refractivity contribution in [2.75, 3.05) is 0 Å². The second-order valence-electron chi connectivity index (χ2n) is 3.06. The standard InChI is InChI=1S/C10H11NO4/c1-6(12)11-9(10(14)15)7-2-4-8(13)5-3-7/h2-5,9,13H,1H3,(H,11,12)(H,14,15)/t9-/m1/s1. The zero-order valence-electron chi connectivity index (χ0n) is 8.10. The summed E-state index contributed by atoms with van der Waals surface area (Å²) < 4.78 is 0. The topological polar surface area (TPSA) is 86.6 Å². The molecule has 1 atom stereocenters. The molecule has 0 unspecified atom stereocenters. The van der Waals surface area contributed by atoms with Crippen LogP contribution in [-0.2, 0) is 9.59 Å². The predicted molar refractivity (Wildman–Crippen MR) is 52.3 cm³/mol. The summed E-state index contributed by atoms with van der Waals surface area (Å²) in [5.74, 6) is -1.52. The molecule has 1 aromatic rings. The van der Waals surface area contributed by atoms with Crippen molar-refractivity contribution in [3.05, 3.63) is 29.8 Å². The molecule has 15 heavy (non-hydrogen) atoms. The number of phenols is 1. The van der Waals surface area contributed by atoms with Crippen LogP contribution in [0.1, 0.15) is 18.5 Å². The quantitative estimate of drug-likeness (QED) is 0.682. The number of hydrogen-bond donors (Lipinski definition) is 3. The second-order valence-corrected chi connectivity index (χ2v) is 3.06. The molecule has 1 amide bonds. The molecule has 0 bridgehead atoms. The average molecular weight is 209 g/mol. The van der Waals surface area contributed by atoms with E-state index in [1.165, 1.54) is 31.2 Å². The number of carboxylic acids is 1. The summed E-state index contributed by atoms with van der Waals surface area (Å²) in [5, 5.41) is 20.2. The van der Waals surface area contributed by atoms with Crippen molar-refractivity contribution >= 4 is 11.9 Å². The van der Waals surface area contributed by atoms with Gasteiger partial charge in [-0.25, -0.2) is 4.79 Å². The number of carbonyl (C=O) groups is 2. The lowest BCUT2D eigenvalue weighted by molar-refractivity contribution is -0.141. The van der Waals surface area contributed by atoms with Crippen molar-refractivity contribution in [1.29, 1.82) is 0 Å². The molecule has 0 saturated heterocycles. The minimum atomic E-state index is -1.14. The summed E-state index contributed by atoms with van der Waals surface area (Å²) in [5.41, 5.74) is 0.413. The Morgan fingerprint density at radius 2 is 1.80 bits per heavy atom. The van der Waals surface area contributed by atoms with E-state index in [1.807, 2.05) is 0 Å². The summed E-state index contributed by atoms with van der Waals surface area (Å²) in [7, 11) is 0. The number of carbonyl (C=O) groups excluding carboxylic acids is 1. The van der Waals surface area contributed by atoms with E-state index >= 15 is 0 Å². The predicted octanol–water partition coefficient (Wildman–Crippen LogP) is 0.654. The molecule has 1 rings (SSSR count). The molecule has 0 fully saturated rings. The third-order valence-electron chi connectivity index (χ3n) is 1.82. The Morgan fingerprint density at radius 1 is 1.27 bits per heavy atom. The van der Waals surface area contributed by atoms with Crippen molar-refractivity contribution in [2.45, 2.75) is 13.0 Å². The van der Waals surface area contributed by atoms with Crippen molar-refractivity contribution in [2.24, 2.45) is 0 Å². The molecule has 0 aliphatic rings. The minimum absolute atomic E-state index is 0.0470. The molecule has 0 aliphatic heterocycles. The zero-order valence-corrected chi connectivity index (χ0v) is 8.10. The number of benzene rings is 1. The lowest BCUT2D eigenvalue weighted by atomic mass is 10.1. The molecule has 0 aliphatic carbocycles. The Balaban J connectivity index is 2.94. The van der Waals surface area contributed by atoms with Gasteiger partial charge in [0, 0.05) is 6.92 Å². The van der Waals surface area contributed by atoms with Crippen molar-refractivity contribution in [1.82, 2.24) is 5.32 Å². The summed E-state index contributed by atoms with van der Waals surface area (Å²) in [6, 6.07) is 4.55. The number of hydrogen-bond acceptors (Lipinski definition) is 3.